The first-order chi connectivity index (χ1) is 10.5. The number of hydrogen-bond donors (Lipinski definition) is 3. The summed E-state index contributed by atoms with van der Waals surface area (Å²) in [6.45, 7) is 9.93. The van der Waals surface area contributed by atoms with E-state index in [0.29, 0.717) is 12.1 Å². The van der Waals surface area contributed by atoms with Crippen molar-refractivity contribution in [1.29, 1.82) is 0 Å². The molecule has 1 atom stereocenters. The van der Waals surface area contributed by atoms with Crippen LogP contribution in [0.1, 0.15) is 36.7 Å². The Kier molecular flexibility index (Phi) is 7.60. The van der Waals surface area contributed by atoms with Gasteiger partial charge in [-0.25, -0.2) is 0 Å². The van der Waals surface area contributed by atoms with Crippen LogP contribution >= 0.6 is 0 Å². The van der Waals surface area contributed by atoms with Crippen LogP contribution in [-0.2, 0) is 4.79 Å². The Labute approximate surface area is 132 Å². The number of nitrogens with one attached hydrogen (secondary N) is 3. The van der Waals surface area contributed by atoms with Gasteiger partial charge in [-0.3, -0.25) is 9.59 Å². The summed E-state index contributed by atoms with van der Waals surface area (Å²) in [5.41, 5.74) is 1.59. The van der Waals surface area contributed by atoms with E-state index in [2.05, 4.69) is 16.0 Å². The standard InChI is InChI=1S/C17H27N3O2/c1-5-18-9-10-19-17(22)15(12(2)3)20-16(21)14-8-6-7-13(4)11-14/h6-8,11-12,15,18H,5,9-10H2,1-4H3,(H,19,22)(H,20,21). The Hall–Kier alpha value is -1.88. The second kappa shape index (κ2) is 9.20. The molecule has 0 aliphatic carbocycles. The number of carbonyl (C=O) groups excluding carboxylic acids is 2. The predicted octanol–water partition coefficient (Wildman–Crippen LogP) is 1.48. The second-order valence-corrected chi connectivity index (χ2v) is 5.71. The topological polar surface area (TPSA) is 70.2 Å². The molecule has 0 fully saturated rings. The Morgan fingerprint density at radius 2 is 1.91 bits per heavy atom. The molecule has 0 aliphatic rings. The van der Waals surface area contributed by atoms with Crippen LogP contribution in [0.25, 0.3) is 0 Å². The molecule has 0 bridgehead atoms. The molecule has 1 aromatic rings. The maximum Gasteiger partial charge on any atom is 0.251 e. The largest absolute Gasteiger partial charge is 0.353 e. The van der Waals surface area contributed by atoms with Gasteiger partial charge in [0.15, 0.2) is 0 Å². The maximum atomic E-state index is 12.3. The fourth-order valence-corrected chi connectivity index (χ4v) is 2.11. The van der Waals surface area contributed by atoms with E-state index in [1.165, 1.54) is 0 Å². The van der Waals surface area contributed by atoms with E-state index in [1.807, 2.05) is 45.9 Å². The minimum absolute atomic E-state index is 0.0212. The van der Waals surface area contributed by atoms with Crippen molar-refractivity contribution in [2.45, 2.75) is 33.7 Å². The molecule has 0 saturated heterocycles. The lowest BCUT2D eigenvalue weighted by Crippen LogP contribution is -2.50. The van der Waals surface area contributed by atoms with Crippen LogP contribution < -0.4 is 16.0 Å². The van der Waals surface area contributed by atoms with Crippen molar-refractivity contribution >= 4 is 11.8 Å². The van der Waals surface area contributed by atoms with Crippen molar-refractivity contribution in [3.05, 3.63) is 35.4 Å². The quantitative estimate of drug-likeness (QED) is 0.637. The van der Waals surface area contributed by atoms with Gasteiger partial charge in [0.25, 0.3) is 5.91 Å². The van der Waals surface area contributed by atoms with Crippen LogP contribution in [0.5, 0.6) is 0 Å². The highest BCUT2D eigenvalue weighted by molar-refractivity contribution is 5.97. The van der Waals surface area contributed by atoms with E-state index in [0.717, 1.165) is 18.7 Å². The molecule has 3 N–H and O–H groups in total. The molecule has 1 rings (SSSR count). The van der Waals surface area contributed by atoms with Gasteiger partial charge in [-0.05, 0) is 31.5 Å². The fourth-order valence-electron chi connectivity index (χ4n) is 2.11. The van der Waals surface area contributed by atoms with Crippen molar-refractivity contribution in [1.82, 2.24) is 16.0 Å². The predicted molar refractivity (Wildman–Crippen MR) is 88.8 cm³/mol. The van der Waals surface area contributed by atoms with Gasteiger partial charge in [0.2, 0.25) is 5.91 Å². The average Bonchev–Trinajstić information content (AvgIpc) is 2.48. The van der Waals surface area contributed by atoms with Crippen molar-refractivity contribution < 1.29 is 9.59 Å². The van der Waals surface area contributed by atoms with E-state index in [4.69, 9.17) is 0 Å². The van der Waals surface area contributed by atoms with Gasteiger partial charge in [-0.2, -0.15) is 0 Å². The van der Waals surface area contributed by atoms with E-state index < -0.39 is 6.04 Å². The zero-order valence-electron chi connectivity index (χ0n) is 13.9. The molecule has 5 heteroatoms. The molecule has 0 saturated carbocycles. The minimum Gasteiger partial charge on any atom is -0.353 e. The molecule has 2 amide bonds. The lowest BCUT2D eigenvalue weighted by atomic mass is 10.0. The number of likely N-dealkylation sites (N-methyl/N-ethyl adjacent to an activating group) is 1. The molecule has 0 spiro atoms. The summed E-state index contributed by atoms with van der Waals surface area (Å²) in [7, 11) is 0. The van der Waals surface area contributed by atoms with Gasteiger partial charge >= 0.3 is 0 Å². The third-order valence-electron chi connectivity index (χ3n) is 3.37. The highest BCUT2D eigenvalue weighted by atomic mass is 16.2. The minimum atomic E-state index is -0.533. The second-order valence-electron chi connectivity index (χ2n) is 5.71. The summed E-state index contributed by atoms with van der Waals surface area (Å²) in [6.07, 6.45) is 0. The zero-order chi connectivity index (χ0) is 16.5. The van der Waals surface area contributed by atoms with Crippen LogP contribution in [-0.4, -0.2) is 37.5 Å². The molecule has 1 aromatic carbocycles. The average molecular weight is 305 g/mol. The third-order valence-corrected chi connectivity index (χ3v) is 3.37. The number of aryl methyl sites for hydroxylation is 1. The molecule has 22 heavy (non-hydrogen) atoms. The van der Waals surface area contributed by atoms with Crippen LogP contribution in [0, 0.1) is 12.8 Å². The Morgan fingerprint density at radius 1 is 1.18 bits per heavy atom. The first kappa shape index (κ1) is 18.2. The summed E-state index contributed by atoms with van der Waals surface area (Å²) in [6, 6.07) is 6.81. The summed E-state index contributed by atoms with van der Waals surface area (Å²) in [5.74, 6) is -0.342. The van der Waals surface area contributed by atoms with Crippen LogP contribution in [0.3, 0.4) is 0 Å². The molecule has 0 radical (unpaired) electrons. The highest BCUT2D eigenvalue weighted by Crippen LogP contribution is 2.07. The Morgan fingerprint density at radius 3 is 2.50 bits per heavy atom. The van der Waals surface area contributed by atoms with Crippen molar-refractivity contribution in [3.63, 3.8) is 0 Å². The Bertz CT molecular complexity index is 500. The van der Waals surface area contributed by atoms with E-state index in [1.54, 1.807) is 6.07 Å². The highest BCUT2D eigenvalue weighted by Gasteiger charge is 2.24. The van der Waals surface area contributed by atoms with Crippen molar-refractivity contribution in [3.8, 4) is 0 Å². The van der Waals surface area contributed by atoms with Crippen LogP contribution in [0.4, 0.5) is 0 Å². The fraction of sp³-hybridized carbons (Fsp3) is 0.529. The van der Waals surface area contributed by atoms with Crippen molar-refractivity contribution in [2.24, 2.45) is 5.92 Å². The summed E-state index contributed by atoms with van der Waals surface area (Å²) < 4.78 is 0. The number of amides is 2. The summed E-state index contributed by atoms with van der Waals surface area (Å²) in [4.78, 5) is 24.5. The Balaban J connectivity index is 2.63. The molecule has 0 aliphatic heterocycles. The van der Waals surface area contributed by atoms with Gasteiger partial charge in [0, 0.05) is 18.7 Å². The zero-order valence-corrected chi connectivity index (χ0v) is 13.9. The normalized spacial score (nSPS) is 12.0. The van der Waals surface area contributed by atoms with E-state index in [9.17, 15) is 9.59 Å². The smallest absolute Gasteiger partial charge is 0.251 e. The van der Waals surface area contributed by atoms with Gasteiger partial charge in [0.1, 0.15) is 6.04 Å². The molecule has 5 nitrogen and oxygen atoms in total. The SMILES string of the molecule is CCNCCNC(=O)C(NC(=O)c1cccc(C)c1)C(C)C. The van der Waals surface area contributed by atoms with Gasteiger partial charge in [0.05, 0.1) is 0 Å². The van der Waals surface area contributed by atoms with Gasteiger partial charge < -0.3 is 16.0 Å². The van der Waals surface area contributed by atoms with Crippen LogP contribution in [0.2, 0.25) is 0 Å². The van der Waals surface area contributed by atoms with Crippen molar-refractivity contribution in [2.75, 3.05) is 19.6 Å². The third kappa shape index (κ3) is 5.85. The number of rotatable bonds is 8. The van der Waals surface area contributed by atoms with E-state index in [-0.39, 0.29) is 17.7 Å². The molecular formula is C17H27N3O2. The maximum absolute atomic E-state index is 12.3. The number of benzene rings is 1. The first-order valence-electron chi connectivity index (χ1n) is 7.81. The molecular weight excluding hydrogens is 278 g/mol. The number of carbonyl (C=O) groups is 2. The molecule has 0 aromatic heterocycles. The van der Waals surface area contributed by atoms with E-state index >= 15 is 0 Å². The summed E-state index contributed by atoms with van der Waals surface area (Å²) in [5, 5.41) is 8.82. The lowest BCUT2D eigenvalue weighted by molar-refractivity contribution is -0.123. The lowest BCUT2D eigenvalue weighted by Gasteiger charge is -2.22. The molecule has 0 heterocycles. The van der Waals surface area contributed by atoms with Gasteiger partial charge in [-0.15, -0.1) is 0 Å². The summed E-state index contributed by atoms with van der Waals surface area (Å²) >= 11 is 0. The molecule has 1 unspecified atom stereocenters. The van der Waals surface area contributed by atoms with Crippen LogP contribution in [0.15, 0.2) is 24.3 Å². The number of hydrogen-bond acceptors (Lipinski definition) is 3. The monoisotopic (exact) mass is 305 g/mol. The van der Waals surface area contributed by atoms with Gasteiger partial charge in [-0.1, -0.05) is 38.5 Å². The first-order valence-corrected chi connectivity index (χ1v) is 7.81. The molecule has 122 valence electrons.